The monoisotopic (exact) mass is 267 g/mol. The van der Waals surface area contributed by atoms with Crippen molar-refractivity contribution >= 4 is 17.9 Å². The van der Waals surface area contributed by atoms with Crippen LogP contribution in [-0.2, 0) is 4.79 Å². The number of aliphatic imine (C=N–C) groups is 1. The van der Waals surface area contributed by atoms with Gasteiger partial charge >= 0.3 is 5.97 Å². The summed E-state index contributed by atoms with van der Waals surface area (Å²) >= 11 is 0. The molecule has 0 saturated carbocycles. The second-order valence-corrected chi connectivity index (χ2v) is 4.74. The first kappa shape index (κ1) is 14.0. The number of hydrogen-bond acceptors (Lipinski definition) is 3. The highest BCUT2D eigenvalue weighted by molar-refractivity contribution is 6.24. The van der Waals surface area contributed by atoms with E-state index < -0.39 is 5.97 Å². The number of aryl methyl sites for hydroxylation is 3. The average Bonchev–Trinajstić information content (AvgIpc) is 2.38. The fourth-order valence-corrected chi connectivity index (χ4v) is 2.12. The van der Waals surface area contributed by atoms with E-state index in [1.165, 1.54) is 11.8 Å². The molecule has 2 aromatic carbocycles. The number of ether oxygens (including phenoxy) is 1. The molecule has 102 valence electrons. The number of benzene rings is 2. The lowest BCUT2D eigenvalue weighted by Crippen LogP contribution is -2.08. The maximum Gasteiger partial charge on any atom is 0.354 e. The van der Waals surface area contributed by atoms with Crippen LogP contribution in [0.1, 0.15) is 16.7 Å². The number of nitrogens with zero attached hydrogens (tertiary/aromatic N) is 1. The van der Waals surface area contributed by atoms with Gasteiger partial charge in [0, 0.05) is 0 Å². The predicted molar refractivity (Wildman–Crippen MR) is 80.9 cm³/mol. The van der Waals surface area contributed by atoms with Crippen LogP contribution in [0.4, 0.5) is 5.69 Å². The molecule has 3 nitrogen and oxygen atoms in total. The Kier molecular flexibility index (Phi) is 4.31. The van der Waals surface area contributed by atoms with Gasteiger partial charge in [-0.2, -0.15) is 0 Å². The van der Waals surface area contributed by atoms with E-state index in [0.29, 0.717) is 5.75 Å². The Morgan fingerprint density at radius 3 is 2.25 bits per heavy atom. The molecule has 0 N–H and O–H groups in total. The molecule has 0 atom stereocenters. The number of esters is 1. The number of rotatable bonds is 3. The van der Waals surface area contributed by atoms with Crippen LogP contribution >= 0.6 is 0 Å². The summed E-state index contributed by atoms with van der Waals surface area (Å²) in [6.45, 7) is 6.00. The maximum absolute atomic E-state index is 11.7. The van der Waals surface area contributed by atoms with Crippen LogP contribution in [0.2, 0.25) is 0 Å². The average molecular weight is 267 g/mol. The van der Waals surface area contributed by atoms with Crippen molar-refractivity contribution in [1.82, 2.24) is 0 Å². The molecule has 0 bridgehead atoms. The summed E-state index contributed by atoms with van der Waals surface area (Å²) in [4.78, 5) is 15.9. The zero-order valence-electron chi connectivity index (χ0n) is 11.9. The Bertz CT molecular complexity index is 622. The minimum atomic E-state index is -0.476. The van der Waals surface area contributed by atoms with Crippen LogP contribution in [0.5, 0.6) is 5.75 Å². The fraction of sp³-hybridized carbons (Fsp3) is 0.176. The molecule has 0 unspecified atom stereocenters. The van der Waals surface area contributed by atoms with Crippen molar-refractivity contribution in [2.24, 2.45) is 4.99 Å². The van der Waals surface area contributed by atoms with E-state index >= 15 is 0 Å². The van der Waals surface area contributed by atoms with Gasteiger partial charge in [0.25, 0.3) is 0 Å². The van der Waals surface area contributed by atoms with Crippen molar-refractivity contribution in [3.63, 3.8) is 0 Å². The number of carbonyl (C=O) groups is 1. The Labute approximate surface area is 118 Å². The Morgan fingerprint density at radius 2 is 1.65 bits per heavy atom. The molecule has 20 heavy (non-hydrogen) atoms. The van der Waals surface area contributed by atoms with E-state index in [9.17, 15) is 4.79 Å². The molecule has 2 rings (SSSR count). The lowest BCUT2D eigenvalue weighted by Gasteiger charge is -2.06. The summed E-state index contributed by atoms with van der Waals surface area (Å²) in [5.74, 6) is 0.0388. The third-order valence-corrected chi connectivity index (χ3v) is 2.90. The van der Waals surface area contributed by atoms with Gasteiger partial charge in [0.05, 0.1) is 5.69 Å². The SMILES string of the molecule is Cc1cc(C)c(N=CC(=O)Oc2ccccc2)c(C)c1. The summed E-state index contributed by atoms with van der Waals surface area (Å²) in [6.07, 6.45) is 1.22. The first-order valence-corrected chi connectivity index (χ1v) is 6.45. The normalized spacial score (nSPS) is 10.8. The molecule has 0 fully saturated rings. The van der Waals surface area contributed by atoms with Crippen LogP contribution < -0.4 is 4.74 Å². The minimum Gasteiger partial charge on any atom is -0.422 e. The van der Waals surface area contributed by atoms with Gasteiger partial charge in [-0.3, -0.25) is 0 Å². The van der Waals surface area contributed by atoms with E-state index in [1.807, 2.05) is 51.1 Å². The van der Waals surface area contributed by atoms with E-state index in [-0.39, 0.29) is 0 Å². The minimum absolute atomic E-state index is 0.476. The maximum atomic E-state index is 11.7. The number of carbonyl (C=O) groups excluding carboxylic acids is 1. The topological polar surface area (TPSA) is 38.7 Å². The zero-order chi connectivity index (χ0) is 14.5. The van der Waals surface area contributed by atoms with Crippen molar-refractivity contribution in [3.8, 4) is 5.75 Å². The predicted octanol–water partition coefficient (Wildman–Crippen LogP) is 3.92. The van der Waals surface area contributed by atoms with E-state index in [4.69, 9.17) is 4.74 Å². The summed E-state index contributed by atoms with van der Waals surface area (Å²) in [6, 6.07) is 13.0. The molecule has 3 heteroatoms. The molecule has 0 spiro atoms. The van der Waals surface area contributed by atoms with Crippen LogP contribution in [0.25, 0.3) is 0 Å². The molecular weight excluding hydrogens is 250 g/mol. The number of hydrogen-bond donors (Lipinski definition) is 0. The van der Waals surface area contributed by atoms with E-state index in [1.54, 1.807) is 12.1 Å². The lowest BCUT2D eigenvalue weighted by atomic mass is 10.1. The zero-order valence-corrected chi connectivity index (χ0v) is 11.9. The quantitative estimate of drug-likeness (QED) is 0.480. The molecule has 0 aliphatic heterocycles. The molecule has 0 amide bonds. The van der Waals surface area contributed by atoms with Gasteiger partial charge in [0.2, 0.25) is 0 Å². The van der Waals surface area contributed by atoms with Crippen LogP contribution in [0.15, 0.2) is 47.5 Å². The lowest BCUT2D eigenvalue weighted by molar-refractivity contribution is -0.126. The molecule has 0 radical (unpaired) electrons. The highest BCUT2D eigenvalue weighted by Crippen LogP contribution is 2.24. The smallest absolute Gasteiger partial charge is 0.354 e. The van der Waals surface area contributed by atoms with Crippen molar-refractivity contribution in [2.75, 3.05) is 0 Å². The molecule has 0 heterocycles. The van der Waals surface area contributed by atoms with Gasteiger partial charge < -0.3 is 4.74 Å². The van der Waals surface area contributed by atoms with Gasteiger partial charge in [0.1, 0.15) is 12.0 Å². The fourth-order valence-electron chi connectivity index (χ4n) is 2.12. The molecule has 0 aliphatic rings. The van der Waals surface area contributed by atoms with Gasteiger partial charge in [-0.25, -0.2) is 9.79 Å². The number of para-hydroxylation sites is 1. The van der Waals surface area contributed by atoms with Gasteiger partial charge in [-0.15, -0.1) is 0 Å². The molecular formula is C17H17NO2. The third-order valence-electron chi connectivity index (χ3n) is 2.90. The summed E-state index contributed by atoms with van der Waals surface area (Å²) in [5, 5.41) is 0. The molecule has 0 aromatic heterocycles. The second-order valence-electron chi connectivity index (χ2n) is 4.74. The summed E-state index contributed by atoms with van der Waals surface area (Å²) in [5.41, 5.74) is 4.10. The van der Waals surface area contributed by atoms with Gasteiger partial charge in [0.15, 0.2) is 0 Å². The molecule has 2 aromatic rings. The van der Waals surface area contributed by atoms with E-state index in [2.05, 4.69) is 4.99 Å². The van der Waals surface area contributed by atoms with Gasteiger partial charge in [-0.05, 0) is 44.0 Å². The summed E-state index contributed by atoms with van der Waals surface area (Å²) < 4.78 is 5.15. The second kappa shape index (κ2) is 6.15. The van der Waals surface area contributed by atoms with Crippen molar-refractivity contribution in [2.45, 2.75) is 20.8 Å². The molecule has 0 aliphatic carbocycles. The van der Waals surface area contributed by atoms with Crippen molar-refractivity contribution in [1.29, 1.82) is 0 Å². The first-order chi connectivity index (χ1) is 9.56. The standard InChI is InChI=1S/C17H17NO2/c1-12-9-13(2)17(14(3)10-12)18-11-16(19)20-15-7-5-4-6-8-15/h4-11H,1-3H3. The first-order valence-electron chi connectivity index (χ1n) is 6.45. The van der Waals surface area contributed by atoms with Gasteiger partial charge in [-0.1, -0.05) is 35.9 Å². The Morgan fingerprint density at radius 1 is 1.05 bits per heavy atom. The van der Waals surface area contributed by atoms with Crippen LogP contribution in [0.3, 0.4) is 0 Å². The van der Waals surface area contributed by atoms with Crippen LogP contribution in [0, 0.1) is 20.8 Å². The molecule has 0 saturated heterocycles. The largest absolute Gasteiger partial charge is 0.422 e. The third kappa shape index (κ3) is 3.54. The Hall–Kier alpha value is -2.42. The van der Waals surface area contributed by atoms with Crippen LogP contribution in [-0.4, -0.2) is 12.2 Å². The van der Waals surface area contributed by atoms with Crippen molar-refractivity contribution in [3.05, 3.63) is 59.2 Å². The van der Waals surface area contributed by atoms with E-state index in [0.717, 1.165) is 16.8 Å². The highest BCUT2D eigenvalue weighted by atomic mass is 16.5. The highest BCUT2D eigenvalue weighted by Gasteiger charge is 2.04. The summed E-state index contributed by atoms with van der Waals surface area (Å²) in [7, 11) is 0. The Balaban J connectivity index is 2.12. The van der Waals surface area contributed by atoms with Crippen molar-refractivity contribution < 1.29 is 9.53 Å².